The molecule has 0 saturated heterocycles. The van der Waals surface area contributed by atoms with E-state index in [2.05, 4.69) is 81.7 Å². The Bertz CT molecular complexity index is 563. The largest absolute Gasteiger partial charge is 0.300 e. The Morgan fingerprint density at radius 1 is 1.30 bits per heavy atom. The smallest absolute Gasteiger partial charge is 0.188 e. The van der Waals surface area contributed by atoms with Gasteiger partial charge in [-0.1, -0.05) is 41.9 Å². The molecule has 0 aliphatic rings. The van der Waals surface area contributed by atoms with Crippen LogP contribution >= 0.6 is 15.9 Å². The van der Waals surface area contributed by atoms with Gasteiger partial charge < -0.3 is 5.32 Å². The SMILES string of the molecule is CC(C)[C@@](C)(NCc1nnn(C)n1)c1ccc(Br)cc1. The van der Waals surface area contributed by atoms with E-state index in [1.165, 1.54) is 10.4 Å². The molecular weight excluding hydrogens is 318 g/mol. The fourth-order valence-electron chi connectivity index (χ4n) is 2.09. The van der Waals surface area contributed by atoms with E-state index < -0.39 is 0 Å². The first-order valence-corrected chi connectivity index (χ1v) is 7.45. The van der Waals surface area contributed by atoms with Crippen molar-refractivity contribution in [3.05, 3.63) is 40.1 Å². The molecule has 0 radical (unpaired) electrons. The summed E-state index contributed by atoms with van der Waals surface area (Å²) in [5, 5.41) is 15.6. The Balaban J connectivity index is 2.18. The van der Waals surface area contributed by atoms with Gasteiger partial charge in [-0.25, -0.2) is 0 Å². The molecule has 20 heavy (non-hydrogen) atoms. The molecule has 0 bridgehead atoms. The number of hydrogen-bond donors (Lipinski definition) is 1. The number of nitrogens with one attached hydrogen (secondary N) is 1. The number of nitrogens with zero attached hydrogens (tertiary/aromatic N) is 4. The first-order chi connectivity index (χ1) is 9.41. The van der Waals surface area contributed by atoms with Crippen LogP contribution in [0.1, 0.15) is 32.2 Å². The fourth-order valence-corrected chi connectivity index (χ4v) is 2.36. The van der Waals surface area contributed by atoms with Gasteiger partial charge in [-0.3, -0.25) is 0 Å². The van der Waals surface area contributed by atoms with Gasteiger partial charge in [0, 0.05) is 10.0 Å². The molecule has 0 aliphatic carbocycles. The van der Waals surface area contributed by atoms with E-state index in [-0.39, 0.29) is 5.54 Å². The highest BCUT2D eigenvalue weighted by Gasteiger charge is 2.30. The molecule has 2 rings (SSSR count). The predicted molar refractivity (Wildman–Crippen MR) is 82.0 cm³/mol. The summed E-state index contributed by atoms with van der Waals surface area (Å²) in [5.74, 6) is 1.14. The van der Waals surface area contributed by atoms with Gasteiger partial charge in [-0.2, -0.15) is 4.80 Å². The van der Waals surface area contributed by atoms with Gasteiger partial charge in [0.05, 0.1) is 13.6 Å². The molecule has 5 nitrogen and oxygen atoms in total. The van der Waals surface area contributed by atoms with Crippen molar-refractivity contribution in [3.63, 3.8) is 0 Å². The Labute approximate surface area is 127 Å². The molecular formula is C14H20BrN5. The number of aromatic nitrogens is 4. The Kier molecular flexibility index (Phi) is 4.55. The molecule has 0 aliphatic heterocycles. The van der Waals surface area contributed by atoms with E-state index in [1.807, 2.05) is 0 Å². The molecule has 1 aromatic heterocycles. The van der Waals surface area contributed by atoms with Crippen LogP contribution in [0, 0.1) is 5.92 Å². The summed E-state index contributed by atoms with van der Waals surface area (Å²) in [7, 11) is 1.77. The number of benzene rings is 1. The molecule has 0 spiro atoms. The van der Waals surface area contributed by atoms with E-state index in [0.717, 1.165) is 4.47 Å². The lowest BCUT2D eigenvalue weighted by Gasteiger charge is -2.35. The highest BCUT2D eigenvalue weighted by atomic mass is 79.9. The van der Waals surface area contributed by atoms with E-state index in [0.29, 0.717) is 18.3 Å². The molecule has 1 atom stereocenters. The van der Waals surface area contributed by atoms with Crippen molar-refractivity contribution >= 4 is 15.9 Å². The average Bonchev–Trinajstić information content (AvgIpc) is 2.82. The monoisotopic (exact) mass is 337 g/mol. The van der Waals surface area contributed by atoms with Gasteiger partial charge in [-0.05, 0) is 35.8 Å². The summed E-state index contributed by atoms with van der Waals surface area (Å²) >= 11 is 3.48. The van der Waals surface area contributed by atoms with Crippen molar-refractivity contribution in [2.24, 2.45) is 13.0 Å². The van der Waals surface area contributed by atoms with Gasteiger partial charge in [0.15, 0.2) is 5.82 Å². The minimum absolute atomic E-state index is 0.139. The summed E-state index contributed by atoms with van der Waals surface area (Å²) in [5.41, 5.74) is 1.11. The summed E-state index contributed by atoms with van der Waals surface area (Å²) in [4.78, 5) is 1.48. The Hall–Kier alpha value is -1.27. The quantitative estimate of drug-likeness (QED) is 0.911. The van der Waals surface area contributed by atoms with Crippen LogP contribution in [0.2, 0.25) is 0 Å². The summed E-state index contributed by atoms with van der Waals surface area (Å²) < 4.78 is 1.09. The van der Waals surface area contributed by atoms with E-state index in [4.69, 9.17) is 0 Å². The van der Waals surface area contributed by atoms with Gasteiger partial charge in [-0.15, -0.1) is 10.2 Å². The second-order valence-corrected chi connectivity index (χ2v) is 6.33. The van der Waals surface area contributed by atoms with Gasteiger partial charge in [0.25, 0.3) is 0 Å². The maximum absolute atomic E-state index is 4.21. The lowest BCUT2D eigenvalue weighted by Crippen LogP contribution is -2.43. The molecule has 108 valence electrons. The third-order valence-electron chi connectivity index (χ3n) is 3.76. The van der Waals surface area contributed by atoms with Crippen LogP contribution in [0.15, 0.2) is 28.7 Å². The first kappa shape index (κ1) is 15.1. The number of hydrogen-bond acceptors (Lipinski definition) is 4. The lowest BCUT2D eigenvalue weighted by molar-refractivity contribution is 0.260. The summed E-state index contributed by atoms with van der Waals surface area (Å²) in [6.07, 6.45) is 0. The molecule has 2 aromatic rings. The normalized spacial score (nSPS) is 14.5. The average molecular weight is 338 g/mol. The van der Waals surface area contributed by atoms with E-state index >= 15 is 0 Å². The van der Waals surface area contributed by atoms with Crippen molar-refractivity contribution < 1.29 is 0 Å². The fraction of sp³-hybridized carbons (Fsp3) is 0.500. The second-order valence-electron chi connectivity index (χ2n) is 5.41. The molecule has 0 amide bonds. The number of halogens is 1. The van der Waals surface area contributed by atoms with Crippen LogP contribution in [0.5, 0.6) is 0 Å². The minimum atomic E-state index is -0.139. The number of tetrazole rings is 1. The summed E-state index contributed by atoms with van der Waals surface area (Å²) in [6, 6.07) is 8.42. The molecule has 6 heteroatoms. The van der Waals surface area contributed by atoms with Gasteiger partial charge >= 0.3 is 0 Å². The zero-order valence-electron chi connectivity index (χ0n) is 12.3. The highest BCUT2D eigenvalue weighted by molar-refractivity contribution is 9.10. The maximum atomic E-state index is 4.21. The molecule has 0 unspecified atom stereocenters. The predicted octanol–water partition coefficient (Wildman–Crippen LogP) is 2.63. The van der Waals surface area contributed by atoms with Gasteiger partial charge in [0.1, 0.15) is 0 Å². The molecule has 0 saturated carbocycles. The van der Waals surface area contributed by atoms with Crippen LogP contribution in [0.25, 0.3) is 0 Å². The van der Waals surface area contributed by atoms with Crippen LogP contribution in [0.3, 0.4) is 0 Å². The summed E-state index contributed by atoms with van der Waals surface area (Å²) in [6.45, 7) is 7.22. The molecule has 1 heterocycles. The van der Waals surface area contributed by atoms with Crippen molar-refractivity contribution in [2.45, 2.75) is 32.9 Å². The van der Waals surface area contributed by atoms with Crippen molar-refractivity contribution in [3.8, 4) is 0 Å². The van der Waals surface area contributed by atoms with Crippen molar-refractivity contribution in [1.29, 1.82) is 0 Å². The third kappa shape index (κ3) is 3.24. The van der Waals surface area contributed by atoms with Crippen LogP contribution < -0.4 is 5.32 Å². The van der Waals surface area contributed by atoms with Crippen LogP contribution in [-0.2, 0) is 19.1 Å². The molecule has 1 N–H and O–H groups in total. The molecule has 0 fully saturated rings. The minimum Gasteiger partial charge on any atom is -0.300 e. The first-order valence-electron chi connectivity index (χ1n) is 6.66. The second kappa shape index (κ2) is 6.01. The zero-order valence-corrected chi connectivity index (χ0v) is 13.8. The maximum Gasteiger partial charge on any atom is 0.188 e. The number of rotatable bonds is 5. The van der Waals surface area contributed by atoms with Crippen LogP contribution in [-0.4, -0.2) is 20.2 Å². The van der Waals surface area contributed by atoms with E-state index in [9.17, 15) is 0 Å². The van der Waals surface area contributed by atoms with Crippen LogP contribution in [0.4, 0.5) is 0 Å². The van der Waals surface area contributed by atoms with Gasteiger partial charge in [0.2, 0.25) is 0 Å². The number of aryl methyl sites for hydroxylation is 1. The standard InChI is InChI=1S/C14H20BrN5/c1-10(2)14(3,11-5-7-12(15)8-6-11)16-9-13-17-19-20(4)18-13/h5-8,10,16H,9H2,1-4H3/t14-/m1/s1. The topological polar surface area (TPSA) is 55.6 Å². The third-order valence-corrected chi connectivity index (χ3v) is 4.29. The van der Waals surface area contributed by atoms with Crippen molar-refractivity contribution in [1.82, 2.24) is 25.5 Å². The highest BCUT2D eigenvalue weighted by Crippen LogP contribution is 2.30. The molecule has 1 aromatic carbocycles. The van der Waals surface area contributed by atoms with Crippen molar-refractivity contribution in [2.75, 3.05) is 0 Å². The lowest BCUT2D eigenvalue weighted by atomic mass is 9.81. The Morgan fingerprint density at radius 3 is 2.45 bits per heavy atom. The van der Waals surface area contributed by atoms with E-state index in [1.54, 1.807) is 7.05 Å². The zero-order chi connectivity index (χ0) is 14.8. The Morgan fingerprint density at radius 2 is 1.95 bits per heavy atom.